The normalized spacial score (nSPS) is 10.1. The Kier molecular flexibility index (Phi) is 4.99. The summed E-state index contributed by atoms with van der Waals surface area (Å²) in [6, 6.07) is 3.54. The molecule has 0 aromatic heterocycles. The Morgan fingerprint density at radius 1 is 1.47 bits per heavy atom. The van der Waals surface area contributed by atoms with Gasteiger partial charge in [-0.25, -0.2) is 4.79 Å². The van der Waals surface area contributed by atoms with Crippen LogP contribution >= 0.6 is 0 Å². The number of benzene rings is 1. The molecule has 0 radical (unpaired) electrons. The number of carbonyl (C=O) groups excluding carboxylic acids is 2. The van der Waals surface area contributed by atoms with Crippen LogP contribution in [0.1, 0.15) is 24.2 Å². The average molecular weight is 267 g/mol. The average Bonchev–Trinajstić information content (AvgIpc) is 2.35. The molecule has 0 amide bonds. The highest BCUT2D eigenvalue weighted by molar-refractivity contribution is 5.81. The van der Waals surface area contributed by atoms with Gasteiger partial charge < -0.3 is 9.47 Å². The van der Waals surface area contributed by atoms with Gasteiger partial charge in [0.05, 0.1) is 16.6 Å². The number of ether oxygens (including phenoxy) is 2. The lowest BCUT2D eigenvalue weighted by molar-refractivity contribution is -0.384. The van der Waals surface area contributed by atoms with E-state index >= 15 is 0 Å². The van der Waals surface area contributed by atoms with Gasteiger partial charge in [-0.05, 0) is 19.9 Å². The summed E-state index contributed by atoms with van der Waals surface area (Å²) in [5.41, 5.74) is -0.217. The van der Waals surface area contributed by atoms with Crippen LogP contribution in [0.25, 0.3) is 0 Å². The van der Waals surface area contributed by atoms with E-state index in [1.165, 1.54) is 12.1 Å². The third-order valence-electron chi connectivity index (χ3n) is 2.04. The standard InChI is InChI=1S/C12H13NO6/c1-8(2)19-12(15)7-18-11-4-3-10(13(16)17)5-9(11)6-14/h3-6,8H,7H2,1-2H3. The predicted molar refractivity (Wildman–Crippen MR) is 65.2 cm³/mol. The van der Waals surface area contributed by atoms with Gasteiger partial charge in [-0.3, -0.25) is 14.9 Å². The lowest BCUT2D eigenvalue weighted by Gasteiger charge is -2.10. The zero-order valence-electron chi connectivity index (χ0n) is 10.5. The predicted octanol–water partition coefficient (Wildman–Crippen LogP) is 1.74. The van der Waals surface area contributed by atoms with Crippen molar-refractivity contribution < 1.29 is 24.0 Å². The van der Waals surface area contributed by atoms with Crippen LogP contribution in [0.5, 0.6) is 5.75 Å². The molecule has 0 heterocycles. The topological polar surface area (TPSA) is 95.7 Å². The summed E-state index contributed by atoms with van der Waals surface area (Å²) >= 11 is 0. The third kappa shape index (κ3) is 4.38. The molecule has 19 heavy (non-hydrogen) atoms. The molecule has 102 valence electrons. The van der Waals surface area contributed by atoms with Crippen molar-refractivity contribution in [3.8, 4) is 5.75 Å². The van der Waals surface area contributed by atoms with Crippen LogP contribution in [0.2, 0.25) is 0 Å². The van der Waals surface area contributed by atoms with Crippen LogP contribution < -0.4 is 4.74 Å². The van der Waals surface area contributed by atoms with Crippen molar-refractivity contribution in [2.75, 3.05) is 6.61 Å². The number of carbonyl (C=O) groups is 2. The summed E-state index contributed by atoms with van der Waals surface area (Å²) < 4.78 is 9.94. The van der Waals surface area contributed by atoms with Crippen molar-refractivity contribution in [1.82, 2.24) is 0 Å². The molecule has 7 nitrogen and oxygen atoms in total. The number of aldehydes is 1. The molecule has 0 fully saturated rings. The van der Waals surface area contributed by atoms with E-state index in [1.807, 2.05) is 0 Å². The van der Waals surface area contributed by atoms with Crippen LogP contribution in [0.15, 0.2) is 18.2 Å². The summed E-state index contributed by atoms with van der Waals surface area (Å²) in [6.07, 6.45) is 0.161. The molecule has 0 aliphatic rings. The van der Waals surface area contributed by atoms with E-state index in [9.17, 15) is 19.7 Å². The minimum absolute atomic E-state index is 0.00606. The van der Waals surface area contributed by atoms with E-state index in [0.29, 0.717) is 6.29 Å². The zero-order valence-corrected chi connectivity index (χ0v) is 10.5. The maximum absolute atomic E-state index is 11.3. The Labute approximate surface area is 109 Å². The maximum atomic E-state index is 11.3. The second-order valence-electron chi connectivity index (χ2n) is 3.92. The summed E-state index contributed by atoms with van der Waals surface area (Å²) in [7, 11) is 0. The highest BCUT2D eigenvalue weighted by atomic mass is 16.6. The van der Waals surface area contributed by atoms with Gasteiger partial charge in [-0.1, -0.05) is 0 Å². The first-order valence-electron chi connectivity index (χ1n) is 5.50. The van der Waals surface area contributed by atoms with Gasteiger partial charge in [-0.2, -0.15) is 0 Å². The molecule has 1 aromatic carbocycles. The number of nitro benzene ring substituents is 1. The first kappa shape index (κ1) is 14.6. The smallest absolute Gasteiger partial charge is 0.344 e. The van der Waals surface area contributed by atoms with Crippen LogP contribution in [0.4, 0.5) is 5.69 Å². The van der Waals surface area contributed by atoms with Crippen molar-refractivity contribution in [1.29, 1.82) is 0 Å². The van der Waals surface area contributed by atoms with E-state index in [1.54, 1.807) is 13.8 Å². The Morgan fingerprint density at radius 2 is 2.16 bits per heavy atom. The van der Waals surface area contributed by atoms with E-state index in [0.717, 1.165) is 6.07 Å². The van der Waals surface area contributed by atoms with Crippen LogP contribution in [-0.4, -0.2) is 29.9 Å². The van der Waals surface area contributed by atoms with Crippen molar-refractivity contribution >= 4 is 17.9 Å². The molecular formula is C12H13NO6. The lowest BCUT2D eigenvalue weighted by Crippen LogP contribution is -2.19. The fourth-order valence-electron chi connectivity index (χ4n) is 1.31. The van der Waals surface area contributed by atoms with E-state index in [2.05, 4.69) is 0 Å². The number of rotatable bonds is 6. The molecule has 0 aliphatic heterocycles. The van der Waals surface area contributed by atoms with Gasteiger partial charge in [0.25, 0.3) is 5.69 Å². The quantitative estimate of drug-likeness (QED) is 0.337. The van der Waals surface area contributed by atoms with Crippen molar-refractivity contribution in [3.05, 3.63) is 33.9 Å². The molecule has 0 atom stereocenters. The molecule has 0 aliphatic carbocycles. The van der Waals surface area contributed by atoms with Crippen LogP contribution in [-0.2, 0) is 9.53 Å². The van der Waals surface area contributed by atoms with Gasteiger partial charge in [0.1, 0.15) is 5.75 Å². The first-order chi connectivity index (χ1) is 8.93. The summed E-state index contributed by atoms with van der Waals surface area (Å²) in [5.74, 6) is -0.480. The Bertz CT molecular complexity index is 497. The second kappa shape index (κ2) is 6.48. The van der Waals surface area contributed by atoms with Crippen LogP contribution in [0.3, 0.4) is 0 Å². The summed E-state index contributed by atoms with van der Waals surface area (Å²) in [6.45, 7) is 3.03. The number of hydrogen-bond acceptors (Lipinski definition) is 6. The molecule has 0 spiro atoms. The number of nitrogens with zero attached hydrogens (tertiary/aromatic N) is 1. The van der Waals surface area contributed by atoms with E-state index in [4.69, 9.17) is 9.47 Å². The van der Waals surface area contributed by atoms with E-state index in [-0.39, 0.29) is 29.7 Å². The highest BCUT2D eigenvalue weighted by Crippen LogP contribution is 2.22. The van der Waals surface area contributed by atoms with Crippen LogP contribution in [0, 0.1) is 10.1 Å². The largest absolute Gasteiger partial charge is 0.481 e. The molecular weight excluding hydrogens is 254 g/mol. The number of esters is 1. The lowest BCUT2D eigenvalue weighted by atomic mass is 10.2. The van der Waals surface area contributed by atoms with Crippen molar-refractivity contribution in [2.45, 2.75) is 20.0 Å². The number of non-ortho nitro benzene ring substituents is 1. The first-order valence-corrected chi connectivity index (χ1v) is 5.50. The fraction of sp³-hybridized carbons (Fsp3) is 0.333. The molecule has 7 heteroatoms. The molecule has 0 unspecified atom stereocenters. The maximum Gasteiger partial charge on any atom is 0.344 e. The Balaban J connectivity index is 2.76. The van der Waals surface area contributed by atoms with Crippen molar-refractivity contribution in [2.24, 2.45) is 0 Å². The second-order valence-corrected chi connectivity index (χ2v) is 3.92. The van der Waals surface area contributed by atoms with Gasteiger partial charge in [0, 0.05) is 12.1 Å². The van der Waals surface area contributed by atoms with E-state index < -0.39 is 10.9 Å². The molecule has 0 bridgehead atoms. The van der Waals surface area contributed by atoms with Gasteiger partial charge in [0.2, 0.25) is 0 Å². The monoisotopic (exact) mass is 267 g/mol. The summed E-state index contributed by atoms with van der Waals surface area (Å²) in [4.78, 5) is 32.0. The Hall–Kier alpha value is -2.44. The molecule has 1 aromatic rings. The molecule has 1 rings (SSSR count). The van der Waals surface area contributed by atoms with Gasteiger partial charge >= 0.3 is 5.97 Å². The molecule has 0 saturated carbocycles. The van der Waals surface area contributed by atoms with Gasteiger partial charge in [-0.15, -0.1) is 0 Å². The fourth-order valence-corrected chi connectivity index (χ4v) is 1.31. The zero-order chi connectivity index (χ0) is 14.4. The third-order valence-corrected chi connectivity index (χ3v) is 2.04. The highest BCUT2D eigenvalue weighted by Gasteiger charge is 2.13. The number of hydrogen-bond donors (Lipinski definition) is 0. The minimum Gasteiger partial charge on any atom is -0.481 e. The van der Waals surface area contributed by atoms with Crippen molar-refractivity contribution in [3.63, 3.8) is 0 Å². The van der Waals surface area contributed by atoms with Gasteiger partial charge in [0.15, 0.2) is 12.9 Å². The minimum atomic E-state index is -0.621. The summed E-state index contributed by atoms with van der Waals surface area (Å²) in [5, 5.41) is 10.5. The molecule has 0 N–H and O–H groups in total. The Morgan fingerprint density at radius 3 is 2.68 bits per heavy atom. The SMILES string of the molecule is CC(C)OC(=O)COc1ccc([N+](=O)[O-])cc1C=O. The molecule has 0 saturated heterocycles. The number of nitro groups is 1.